The van der Waals surface area contributed by atoms with E-state index >= 15 is 0 Å². The zero-order valence-electron chi connectivity index (χ0n) is 11.9. The first kappa shape index (κ1) is 14.7. The monoisotopic (exact) mass is 249 g/mol. The predicted molar refractivity (Wildman–Crippen MR) is 74.7 cm³/mol. The number of anilines is 1. The Labute approximate surface area is 109 Å². The number of benzene rings is 1. The van der Waals surface area contributed by atoms with Gasteiger partial charge in [0.15, 0.2) is 0 Å². The van der Waals surface area contributed by atoms with E-state index in [1.54, 1.807) is 7.05 Å². The molecule has 1 N–H and O–H groups in total. The number of amides is 1. The zero-order valence-corrected chi connectivity index (χ0v) is 11.9. The topological polar surface area (TPSA) is 40.5 Å². The molecule has 3 heteroatoms. The molecule has 0 atom stereocenters. The van der Waals surface area contributed by atoms with Gasteiger partial charge in [0.05, 0.1) is 0 Å². The Hall–Kier alpha value is -1.35. The molecule has 0 saturated carbocycles. The summed E-state index contributed by atoms with van der Waals surface area (Å²) in [6.45, 7) is 7.35. The second-order valence-electron chi connectivity index (χ2n) is 5.69. The van der Waals surface area contributed by atoms with E-state index in [1.807, 2.05) is 24.3 Å². The molecule has 1 amide bonds. The Balaban J connectivity index is 2.82. The quantitative estimate of drug-likeness (QED) is 0.891. The summed E-state index contributed by atoms with van der Waals surface area (Å²) in [5.74, 6) is 0.311. The molecule has 18 heavy (non-hydrogen) atoms. The van der Waals surface area contributed by atoms with Crippen molar-refractivity contribution in [3.8, 4) is 0 Å². The van der Waals surface area contributed by atoms with E-state index in [0.717, 1.165) is 12.1 Å². The number of carbonyl (C=O) groups is 1. The van der Waals surface area contributed by atoms with Crippen molar-refractivity contribution in [2.24, 2.45) is 5.92 Å². The number of hydrogen-bond acceptors (Lipinski definition) is 2. The molecule has 1 aromatic rings. The van der Waals surface area contributed by atoms with Crippen LogP contribution in [0.1, 0.15) is 33.3 Å². The van der Waals surface area contributed by atoms with Crippen LogP contribution in [0.2, 0.25) is 0 Å². The van der Waals surface area contributed by atoms with Crippen LogP contribution in [-0.4, -0.2) is 23.7 Å². The fourth-order valence-corrected chi connectivity index (χ4v) is 1.85. The van der Waals surface area contributed by atoms with Gasteiger partial charge < -0.3 is 10.0 Å². The Bertz CT molecular complexity index is 401. The molecule has 0 aliphatic carbocycles. The van der Waals surface area contributed by atoms with Crippen molar-refractivity contribution >= 4 is 11.6 Å². The Kier molecular flexibility index (Phi) is 4.52. The number of carbonyl (C=O) groups excluding carboxylic acids is 1. The maximum absolute atomic E-state index is 11.9. The fourth-order valence-electron chi connectivity index (χ4n) is 1.85. The molecule has 0 aliphatic rings. The Morgan fingerprint density at radius 3 is 2.17 bits per heavy atom. The van der Waals surface area contributed by atoms with Crippen molar-refractivity contribution in [2.45, 2.75) is 39.7 Å². The molecule has 0 radical (unpaired) electrons. The lowest BCUT2D eigenvalue weighted by Gasteiger charge is -2.25. The highest BCUT2D eigenvalue weighted by Crippen LogP contribution is 2.19. The van der Waals surface area contributed by atoms with Gasteiger partial charge in [0.25, 0.3) is 5.91 Å². The van der Waals surface area contributed by atoms with Crippen LogP contribution >= 0.6 is 0 Å². The van der Waals surface area contributed by atoms with Crippen molar-refractivity contribution in [3.63, 3.8) is 0 Å². The first-order valence-electron chi connectivity index (χ1n) is 6.31. The average molecular weight is 249 g/mol. The van der Waals surface area contributed by atoms with E-state index in [-0.39, 0.29) is 5.91 Å². The van der Waals surface area contributed by atoms with Gasteiger partial charge in [-0.2, -0.15) is 0 Å². The highest BCUT2D eigenvalue weighted by atomic mass is 16.3. The van der Waals surface area contributed by atoms with Crippen LogP contribution in [0.3, 0.4) is 0 Å². The molecular weight excluding hydrogens is 226 g/mol. The highest BCUT2D eigenvalue weighted by Gasteiger charge is 2.27. The van der Waals surface area contributed by atoms with Gasteiger partial charge >= 0.3 is 0 Å². The van der Waals surface area contributed by atoms with Gasteiger partial charge in [-0.05, 0) is 43.9 Å². The SMILES string of the molecule is CC(C)Cc1ccc(N(C)C(=O)C(C)(C)O)cc1. The fraction of sp³-hybridized carbons (Fsp3) is 0.533. The molecule has 1 rings (SSSR count). The maximum atomic E-state index is 11.9. The second kappa shape index (κ2) is 5.53. The third-order valence-electron chi connectivity index (χ3n) is 2.80. The number of rotatable bonds is 4. The van der Waals surface area contributed by atoms with Gasteiger partial charge in [-0.15, -0.1) is 0 Å². The lowest BCUT2D eigenvalue weighted by atomic mass is 10.0. The summed E-state index contributed by atoms with van der Waals surface area (Å²) in [4.78, 5) is 13.4. The molecule has 0 spiro atoms. The first-order valence-corrected chi connectivity index (χ1v) is 6.31. The van der Waals surface area contributed by atoms with Crippen molar-refractivity contribution in [1.29, 1.82) is 0 Å². The van der Waals surface area contributed by atoms with Crippen LogP contribution < -0.4 is 4.90 Å². The van der Waals surface area contributed by atoms with Gasteiger partial charge in [0.1, 0.15) is 5.60 Å². The molecule has 0 fully saturated rings. The number of likely N-dealkylation sites (N-methyl/N-ethyl adjacent to an activating group) is 1. The molecular formula is C15H23NO2. The van der Waals surface area contributed by atoms with Crippen LogP contribution in [0.4, 0.5) is 5.69 Å². The minimum atomic E-state index is -1.34. The summed E-state index contributed by atoms with van der Waals surface area (Å²) in [5.41, 5.74) is 0.721. The van der Waals surface area contributed by atoms with Gasteiger partial charge in [-0.25, -0.2) is 0 Å². The largest absolute Gasteiger partial charge is 0.381 e. The van der Waals surface area contributed by atoms with Crippen molar-refractivity contribution in [2.75, 3.05) is 11.9 Å². The average Bonchev–Trinajstić information content (AvgIpc) is 2.26. The molecule has 0 bridgehead atoms. The molecule has 0 unspecified atom stereocenters. The minimum absolute atomic E-state index is 0.306. The maximum Gasteiger partial charge on any atom is 0.258 e. The number of hydrogen-bond donors (Lipinski definition) is 1. The van der Waals surface area contributed by atoms with Crippen LogP contribution in [0, 0.1) is 5.92 Å². The van der Waals surface area contributed by atoms with Crippen LogP contribution in [0.25, 0.3) is 0 Å². The van der Waals surface area contributed by atoms with Crippen LogP contribution in [0.15, 0.2) is 24.3 Å². The summed E-state index contributed by atoms with van der Waals surface area (Å²) in [5, 5.41) is 9.70. The standard InChI is InChI=1S/C15H23NO2/c1-11(2)10-12-6-8-13(9-7-12)16(5)14(17)15(3,4)18/h6-9,11,18H,10H2,1-5H3. The van der Waals surface area contributed by atoms with Gasteiger partial charge in [0.2, 0.25) is 0 Å². The summed E-state index contributed by atoms with van der Waals surface area (Å²) >= 11 is 0. The zero-order chi connectivity index (χ0) is 13.9. The highest BCUT2D eigenvalue weighted by molar-refractivity contribution is 5.98. The van der Waals surface area contributed by atoms with Crippen molar-refractivity contribution < 1.29 is 9.90 Å². The lowest BCUT2D eigenvalue weighted by Crippen LogP contribution is -2.43. The van der Waals surface area contributed by atoms with Crippen LogP contribution in [-0.2, 0) is 11.2 Å². The molecule has 100 valence electrons. The normalized spacial score (nSPS) is 11.7. The smallest absolute Gasteiger partial charge is 0.258 e. The first-order chi connectivity index (χ1) is 8.21. The minimum Gasteiger partial charge on any atom is -0.381 e. The summed E-state index contributed by atoms with van der Waals surface area (Å²) < 4.78 is 0. The Morgan fingerprint density at radius 2 is 1.78 bits per heavy atom. The number of aliphatic hydroxyl groups is 1. The third kappa shape index (κ3) is 3.84. The van der Waals surface area contributed by atoms with Gasteiger partial charge in [-0.1, -0.05) is 26.0 Å². The molecule has 0 heterocycles. The molecule has 0 aromatic heterocycles. The van der Waals surface area contributed by atoms with E-state index in [2.05, 4.69) is 13.8 Å². The van der Waals surface area contributed by atoms with E-state index in [0.29, 0.717) is 5.92 Å². The van der Waals surface area contributed by atoms with E-state index in [9.17, 15) is 9.90 Å². The van der Waals surface area contributed by atoms with Crippen molar-refractivity contribution in [1.82, 2.24) is 0 Å². The van der Waals surface area contributed by atoms with E-state index in [4.69, 9.17) is 0 Å². The summed E-state index contributed by atoms with van der Waals surface area (Å²) in [7, 11) is 1.68. The Morgan fingerprint density at radius 1 is 1.28 bits per heavy atom. The van der Waals surface area contributed by atoms with Crippen LogP contribution in [0.5, 0.6) is 0 Å². The number of nitrogens with zero attached hydrogens (tertiary/aromatic N) is 1. The molecule has 1 aromatic carbocycles. The lowest BCUT2D eigenvalue weighted by molar-refractivity contribution is -0.133. The summed E-state index contributed by atoms with van der Waals surface area (Å²) in [6.07, 6.45) is 1.03. The van der Waals surface area contributed by atoms with E-state index < -0.39 is 5.60 Å². The molecule has 3 nitrogen and oxygen atoms in total. The molecule has 0 saturated heterocycles. The van der Waals surface area contributed by atoms with E-state index in [1.165, 1.54) is 24.3 Å². The second-order valence-corrected chi connectivity index (χ2v) is 5.69. The van der Waals surface area contributed by atoms with Crippen molar-refractivity contribution in [3.05, 3.63) is 29.8 Å². The van der Waals surface area contributed by atoms with Gasteiger partial charge in [-0.3, -0.25) is 4.79 Å². The third-order valence-corrected chi connectivity index (χ3v) is 2.80. The molecule has 0 aliphatic heterocycles. The van der Waals surface area contributed by atoms with Gasteiger partial charge in [0, 0.05) is 12.7 Å². The summed E-state index contributed by atoms with van der Waals surface area (Å²) in [6, 6.07) is 7.90. The predicted octanol–water partition coefficient (Wildman–Crippen LogP) is 2.62.